The maximum Gasteiger partial charge on any atom is 0.0951 e. The summed E-state index contributed by atoms with van der Waals surface area (Å²) < 4.78 is 2.47. The van der Waals surface area contributed by atoms with Gasteiger partial charge < -0.3 is 9.88 Å². The molecule has 2 aliphatic rings. The highest BCUT2D eigenvalue weighted by molar-refractivity contribution is 5.06. The van der Waals surface area contributed by atoms with Crippen LogP contribution in [0.1, 0.15) is 58.2 Å². The highest BCUT2D eigenvalue weighted by Crippen LogP contribution is 2.52. The van der Waals surface area contributed by atoms with Crippen molar-refractivity contribution in [1.29, 1.82) is 0 Å². The van der Waals surface area contributed by atoms with Crippen LogP contribution in [-0.4, -0.2) is 15.1 Å². The Morgan fingerprint density at radius 2 is 1.89 bits per heavy atom. The summed E-state index contributed by atoms with van der Waals surface area (Å²) >= 11 is 0. The molecule has 0 atom stereocenters. The standard InChI is InChI=1S/C15H25N3/c1-15(2,3)17-9-13-8-16-10-18(13)14(11-4-5-11)12-6-7-12/h8,10-12,14,17H,4-7,9H2,1-3H3. The molecule has 1 N–H and O–H groups in total. The fraction of sp³-hybridized carbons (Fsp3) is 0.800. The van der Waals surface area contributed by atoms with Crippen molar-refractivity contribution >= 4 is 0 Å². The molecule has 0 aromatic carbocycles. The summed E-state index contributed by atoms with van der Waals surface area (Å²) in [5.41, 5.74) is 1.53. The Labute approximate surface area is 110 Å². The van der Waals surface area contributed by atoms with E-state index < -0.39 is 0 Å². The van der Waals surface area contributed by atoms with Crippen molar-refractivity contribution in [2.45, 2.75) is 64.6 Å². The van der Waals surface area contributed by atoms with Gasteiger partial charge in [-0.2, -0.15) is 0 Å². The van der Waals surface area contributed by atoms with Crippen molar-refractivity contribution in [2.24, 2.45) is 11.8 Å². The number of imidazole rings is 1. The third-order valence-electron chi connectivity index (χ3n) is 4.08. The Morgan fingerprint density at radius 3 is 2.39 bits per heavy atom. The fourth-order valence-electron chi connectivity index (χ4n) is 2.81. The lowest BCUT2D eigenvalue weighted by atomic mass is 10.1. The first kappa shape index (κ1) is 12.2. The van der Waals surface area contributed by atoms with E-state index in [1.807, 2.05) is 6.20 Å². The number of hydrogen-bond donors (Lipinski definition) is 1. The van der Waals surface area contributed by atoms with Gasteiger partial charge in [-0.3, -0.25) is 0 Å². The Hall–Kier alpha value is -0.830. The first-order chi connectivity index (χ1) is 8.54. The first-order valence-electron chi connectivity index (χ1n) is 7.30. The molecule has 2 aliphatic carbocycles. The van der Waals surface area contributed by atoms with Crippen LogP contribution >= 0.6 is 0 Å². The van der Waals surface area contributed by atoms with Crippen molar-refractivity contribution in [3.05, 3.63) is 18.2 Å². The van der Waals surface area contributed by atoms with E-state index in [2.05, 4.69) is 42.0 Å². The van der Waals surface area contributed by atoms with Gasteiger partial charge in [0, 0.05) is 24.3 Å². The minimum Gasteiger partial charge on any atom is -0.330 e. The van der Waals surface area contributed by atoms with E-state index in [1.54, 1.807) is 0 Å². The van der Waals surface area contributed by atoms with Gasteiger partial charge in [-0.05, 0) is 58.3 Å². The maximum absolute atomic E-state index is 4.39. The van der Waals surface area contributed by atoms with Gasteiger partial charge in [0.15, 0.2) is 0 Å². The van der Waals surface area contributed by atoms with E-state index >= 15 is 0 Å². The summed E-state index contributed by atoms with van der Waals surface area (Å²) in [6, 6.07) is 0.740. The fourth-order valence-corrected chi connectivity index (χ4v) is 2.81. The molecule has 0 bridgehead atoms. The Morgan fingerprint density at radius 1 is 1.28 bits per heavy atom. The molecule has 1 heterocycles. The largest absolute Gasteiger partial charge is 0.330 e. The number of nitrogens with one attached hydrogen (secondary N) is 1. The van der Waals surface area contributed by atoms with Crippen molar-refractivity contribution in [2.75, 3.05) is 0 Å². The zero-order valence-electron chi connectivity index (χ0n) is 11.8. The zero-order valence-corrected chi connectivity index (χ0v) is 11.8. The van der Waals surface area contributed by atoms with E-state index in [4.69, 9.17) is 0 Å². The van der Waals surface area contributed by atoms with Gasteiger partial charge in [0.25, 0.3) is 0 Å². The van der Waals surface area contributed by atoms with E-state index in [1.165, 1.54) is 31.4 Å². The molecule has 1 aromatic rings. The number of hydrogen-bond acceptors (Lipinski definition) is 2. The molecule has 0 amide bonds. The second-order valence-corrected chi connectivity index (χ2v) is 7.06. The van der Waals surface area contributed by atoms with E-state index in [0.29, 0.717) is 0 Å². The second-order valence-electron chi connectivity index (χ2n) is 7.06. The van der Waals surface area contributed by atoms with Gasteiger partial charge in [-0.25, -0.2) is 4.98 Å². The summed E-state index contributed by atoms with van der Waals surface area (Å²) in [4.78, 5) is 4.39. The normalized spacial score (nSPS) is 20.7. The van der Waals surface area contributed by atoms with Gasteiger partial charge in [0.05, 0.1) is 12.0 Å². The molecule has 3 nitrogen and oxygen atoms in total. The lowest BCUT2D eigenvalue weighted by molar-refractivity contribution is 0.365. The lowest BCUT2D eigenvalue weighted by Crippen LogP contribution is -2.36. The Bertz CT molecular complexity index is 396. The molecule has 3 rings (SSSR count). The molecular weight excluding hydrogens is 222 g/mol. The maximum atomic E-state index is 4.39. The average molecular weight is 247 g/mol. The van der Waals surface area contributed by atoms with Crippen LogP contribution in [0.3, 0.4) is 0 Å². The molecule has 2 fully saturated rings. The van der Waals surface area contributed by atoms with Gasteiger partial charge >= 0.3 is 0 Å². The van der Waals surface area contributed by atoms with Gasteiger partial charge in [0.2, 0.25) is 0 Å². The lowest BCUT2D eigenvalue weighted by Gasteiger charge is -2.24. The average Bonchev–Trinajstić information content (AvgIpc) is 3.16. The molecule has 1 aromatic heterocycles. The molecule has 0 unspecified atom stereocenters. The van der Waals surface area contributed by atoms with Crippen LogP contribution in [0.4, 0.5) is 0 Å². The monoisotopic (exact) mass is 247 g/mol. The van der Waals surface area contributed by atoms with Crippen molar-refractivity contribution in [3.8, 4) is 0 Å². The summed E-state index contributed by atoms with van der Waals surface area (Å²) in [5, 5.41) is 3.58. The molecular formula is C15H25N3. The zero-order chi connectivity index (χ0) is 12.8. The van der Waals surface area contributed by atoms with Crippen LogP contribution in [0.25, 0.3) is 0 Å². The predicted molar refractivity (Wildman–Crippen MR) is 73.3 cm³/mol. The topological polar surface area (TPSA) is 29.9 Å². The molecule has 0 aliphatic heterocycles. The number of nitrogens with zero attached hydrogens (tertiary/aromatic N) is 2. The van der Waals surface area contributed by atoms with Crippen molar-refractivity contribution < 1.29 is 0 Å². The molecule has 0 spiro atoms. The van der Waals surface area contributed by atoms with E-state index in [0.717, 1.165) is 24.4 Å². The van der Waals surface area contributed by atoms with Crippen LogP contribution in [0.2, 0.25) is 0 Å². The minimum atomic E-state index is 0.170. The first-order valence-corrected chi connectivity index (χ1v) is 7.30. The second kappa shape index (κ2) is 4.37. The Balaban J connectivity index is 1.73. The molecule has 3 heteroatoms. The van der Waals surface area contributed by atoms with E-state index in [-0.39, 0.29) is 5.54 Å². The summed E-state index contributed by atoms with van der Waals surface area (Å²) in [6.07, 6.45) is 9.78. The molecule has 18 heavy (non-hydrogen) atoms. The van der Waals surface area contributed by atoms with Gasteiger partial charge in [-0.15, -0.1) is 0 Å². The molecule has 100 valence electrons. The van der Waals surface area contributed by atoms with E-state index in [9.17, 15) is 0 Å². The van der Waals surface area contributed by atoms with Gasteiger partial charge in [0.1, 0.15) is 0 Å². The predicted octanol–water partition coefficient (Wildman–Crippen LogP) is 3.13. The highest BCUT2D eigenvalue weighted by atomic mass is 15.1. The third-order valence-corrected chi connectivity index (χ3v) is 4.08. The minimum absolute atomic E-state index is 0.170. The van der Waals surface area contributed by atoms with Gasteiger partial charge in [-0.1, -0.05) is 0 Å². The summed E-state index contributed by atoms with van der Waals surface area (Å²) in [6.45, 7) is 7.58. The molecule has 0 saturated heterocycles. The Kier molecular flexibility index (Phi) is 2.97. The van der Waals surface area contributed by atoms with Crippen LogP contribution in [0.15, 0.2) is 12.5 Å². The quantitative estimate of drug-likeness (QED) is 0.866. The van der Waals surface area contributed by atoms with Crippen LogP contribution < -0.4 is 5.32 Å². The highest BCUT2D eigenvalue weighted by Gasteiger charge is 2.43. The molecule has 0 radical (unpaired) electrons. The third kappa shape index (κ3) is 2.77. The smallest absolute Gasteiger partial charge is 0.0951 e. The van der Waals surface area contributed by atoms with Crippen LogP contribution in [0.5, 0.6) is 0 Å². The number of aromatic nitrogens is 2. The number of rotatable bonds is 5. The van der Waals surface area contributed by atoms with Crippen LogP contribution in [-0.2, 0) is 6.54 Å². The SMILES string of the molecule is CC(C)(C)NCc1cncn1C(C1CC1)C1CC1. The summed E-state index contributed by atoms with van der Waals surface area (Å²) in [5.74, 6) is 1.86. The molecule has 2 saturated carbocycles. The van der Waals surface area contributed by atoms with Crippen LogP contribution in [0, 0.1) is 11.8 Å². The van der Waals surface area contributed by atoms with Crippen molar-refractivity contribution in [3.63, 3.8) is 0 Å². The summed E-state index contributed by atoms with van der Waals surface area (Å²) in [7, 11) is 0. The van der Waals surface area contributed by atoms with Crippen molar-refractivity contribution in [1.82, 2.24) is 14.9 Å².